The van der Waals surface area contributed by atoms with E-state index < -0.39 is 6.23 Å². The minimum atomic E-state index is -0.499. The van der Waals surface area contributed by atoms with Crippen molar-refractivity contribution < 1.29 is 14.4 Å². The van der Waals surface area contributed by atoms with Crippen LogP contribution in [0.25, 0.3) is 5.69 Å². The van der Waals surface area contributed by atoms with Crippen molar-refractivity contribution in [2.45, 2.75) is 26.1 Å². The molecule has 0 unspecified atom stereocenters. The molecule has 122 valence electrons. The molecule has 0 saturated carbocycles. The van der Waals surface area contributed by atoms with Crippen LogP contribution in [-0.4, -0.2) is 51.3 Å². The summed E-state index contributed by atoms with van der Waals surface area (Å²) in [6, 6.07) is 5.51. The molecule has 1 amide bonds. The number of carbonyl (C=O) groups is 1. The highest BCUT2D eigenvalue weighted by Gasteiger charge is 2.37. The Bertz CT molecular complexity index is 686. The molecular formula is C15H19N5O3. The molecule has 2 heterocycles. The maximum Gasteiger partial charge on any atom is 0.258 e. The van der Waals surface area contributed by atoms with E-state index in [-0.39, 0.29) is 18.6 Å². The van der Waals surface area contributed by atoms with Gasteiger partial charge in [0.1, 0.15) is 6.61 Å². The first kappa shape index (κ1) is 15.6. The number of amides is 1. The maximum absolute atomic E-state index is 13.1. The first-order chi connectivity index (χ1) is 11.1. The van der Waals surface area contributed by atoms with E-state index in [0.717, 1.165) is 5.56 Å². The van der Waals surface area contributed by atoms with Gasteiger partial charge in [0, 0.05) is 0 Å². The normalized spacial score (nSPS) is 20.9. The van der Waals surface area contributed by atoms with Crippen molar-refractivity contribution in [3.05, 3.63) is 41.7 Å². The van der Waals surface area contributed by atoms with Gasteiger partial charge < -0.3 is 9.64 Å². The zero-order chi connectivity index (χ0) is 16.4. The van der Waals surface area contributed by atoms with Crippen LogP contribution in [-0.2, 0) is 9.57 Å². The third kappa shape index (κ3) is 2.96. The van der Waals surface area contributed by atoms with Gasteiger partial charge in [-0.25, -0.2) is 5.90 Å². The molecule has 1 aliphatic rings. The summed E-state index contributed by atoms with van der Waals surface area (Å²) in [7, 11) is 0. The third-order valence-electron chi connectivity index (χ3n) is 3.80. The second-order valence-corrected chi connectivity index (χ2v) is 5.52. The lowest BCUT2D eigenvalue weighted by molar-refractivity contribution is -0.0327. The first-order valence-electron chi connectivity index (χ1n) is 7.35. The summed E-state index contributed by atoms with van der Waals surface area (Å²) in [4.78, 5) is 20.8. The van der Waals surface area contributed by atoms with E-state index in [9.17, 15) is 4.79 Å². The Kier molecular flexibility index (Phi) is 4.37. The number of rotatable bonds is 4. The minimum absolute atomic E-state index is 0.0680. The van der Waals surface area contributed by atoms with Gasteiger partial charge in [-0.2, -0.15) is 15.0 Å². The van der Waals surface area contributed by atoms with Crippen molar-refractivity contribution in [2.75, 3.05) is 13.2 Å². The molecule has 8 heteroatoms. The van der Waals surface area contributed by atoms with Crippen LogP contribution < -0.4 is 5.90 Å². The van der Waals surface area contributed by atoms with E-state index in [2.05, 4.69) is 15.0 Å². The number of hydrogen-bond acceptors (Lipinski definition) is 6. The molecule has 1 aliphatic heterocycles. The predicted octanol–water partition coefficient (Wildman–Crippen LogP) is 0.653. The highest BCUT2D eigenvalue weighted by atomic mass is 16.6. The molecule has 1 aromatic heterocycles. The Morgan fingerprint density at radius 2 is 2.17 bits per heavy atom. The van der Waals surface area contributed by atoms with Crippen LogP contribution in [0.4, 0.5) is 0 Å². The lowest BCUT2D eigenvalue weighted by atomic mass is 10.1. The summed E-state index contributed by atoms with van der Waals surface area (Å²) >= 11 is 0. The molecule has 2 aromatic rings. The van der Waals surface area contributed by atoms with Crippen LogP contribution >= 0.6 is 0 Å². The van der Waals surface area contributed by atoms with E-state index in [1.54, 1.807) is 17.3 Å². The Balaban J connectivity index is 2.00. The van der Waals surface area contributed by atoms with E-state index >= 15 is 0 Å². The number of nitrogens with zero attached hydrogens (tertiary/aromatic N) is 4. The largest absolute Gasteiger partial charge is 0.354 e. The number of aromatic nitrogens is 3. The van der Waals surface area contributed by atoms with Crippen LogP contribution in [0.15, 0.2) is 30.6 Å². The molecule has 0 aliphatic carbocycles. The summed E-state index contributed by atoms with van der Waals surface area (Å²) in [6.45, 7) is 4.43. The fourth-order valence-corrected chi connectivity index (χ4v) is 2.71. The molecule has 1 saturated heterocycles. The SMILES string of the molecule is Cc1ccc(-n2nccn2)c(C(=O)N2[C@H](C)CO[C@H]2CON)c1. The van der Waals surface area contributed by atoms with Crippen LogP contribution in [0.2, 0.25) is 0 Å². The van der Waals surface area contributed by atoms with Gasteiger partial charge >= 0.3 is 0 Å². The van der Waals surface area contributed by atoms with Crippen molar-refractivity contribution in [1.29, 1.82) is 0 Å². The predicted molar refractivity (Wildman–Crippen MR) is 81.6 cm³/mol. The molecule has 1 fully saturated rings. The molecule has 3 rings (SSSR count). The van der Waals surface area contributed by atoms with Gasteiger partial charge in [-0.15, -0.1) is 0 Å². The zero-order valence-corrected chi connectivity index (χ0v) is 13.0. The highest BCUT2D eigenvalue weighted by Crippen LogP contribution is 2.24. The standard InChI is InChI=1S/C15H19N5O3/c1-10-3-4-13(20-17-5-6-18-20)12(7-10)15(21)19-11(2)8-22-14(19)9-23-16/h3-7,11,14H,8-9,16H2,1-2H3/t11-,14+/m1/s1. The summed E-state index contributed by atoms with van der Waals surface area (Å²) in [5, 5.41) is 8.24. The van der Waals surface area contributed by atoms with Crippen molar-refractivity contribution in [1.82, 2.24) is 19.9 Å². The Labute approximate surface area is 133 Å². The summed E-state index contributed by atoms with van der Waals surface area (Å²) in [5.74, 6) is 4.98. The molecule has 2 N–H and O–H groups in total. The minimum Gasteiger partial charge on any atom is -0.354 e. The average Bonchev–Trinajstić information content (AvgIpc) is 3.17. The average molecular weight is 317 g/mol. The molecule has 23 heavy (non-hydrogen) atoms. The Morgan fingerprint density at radius 3 is 2.87 bits per heavy atom. The highest BCUT2D eigenvalue weighted by molar-refractivity contribution is 5.98. The lowest BCUT2D eigenvalue weighted by Crippen LogP contribution is -2.43. The second kappa shape index (κ2) is 6.45. The number of carbonyl (C=O) groups excluding carboxylic acids is 1. The number of nitrogens with two attached hydrogens (primary N) is 1. The summed E-state index contributed by atoms with van der Waals surface area (Å²) in [5.41, 5.74) is 2.11. The molecular weight excluding hydrogens is 298 g/mol. The quantitative estimate of drug-likeness (QED) is 0.832. The van der Waals surface area contributed by atoms with Crippen LogP contribution in [0.3, 0.4) is 0 Å². The number of ether oxygens (including phenoxy) is 1. The van der Waals surface area contributed by atoms with Gasteiger partial charge in [0.25, 0.3) is 5.91 Å². The number of benzene rings is 1. The van der Waals surface area contributed by atoms with Crippen molar-refractivity contribution >= 4 is 5.91 Å². The molecule has 0 radical (unpaired) electrons. The number of aryl methyl sites for hydroxylation is 1. The van der Waals surface area contributed by atoms with E-state index in [1.807, 2.05) is 32.0 Å². The fourth-order valence-electron chi connectivity index (χ4n) is 2.71. The topological polar surface area (TPSA) is 95.5 Å². The third-order valence-corrected chi connectivity index (χ3v) is 3.80. The maximum atomic E-state index is 13.1. The van der Waals surface area contributed by atoms with Gasteiger partial charge in [0.05, 0.1) is 36.3 Å². The van der Waals surface area contributed by atoms with Gasteiger partial charge in [0.15, 0.2) is 6.23 Å². The lowest BCUT2D eigenvalue weighted by Gasteiger charge is -2.26. The molecule has 8 nitrogen and oxygen atoms in total. The van der Waals surface area contributed by atoms with Crippen LogP contribution in [0, 0.1) is 6.92 Å². The monoisotopic (exact) mass is 317 g/mol. The molecule has 0 bridgehead atoms. The van der Waals surface area contributed by atoms with Gasteiger partial charge in [-0.05, 0) is 26.0 Å². The van der Waals surface area contributed by atoms with Gasteiger partial charge in [-0.3, -0.25) is 9.63 Å². The van der Waals surface area contributed by atoms with Gasteiger partial charge in [0.2, 0.25) is 0 Å². The van der Waals surface area contributed by atoms with E-state index in [1.165, 1.54) is 4.80 Å². The van der Waals surface area contributed by atoms with Gasteiger partial charge in [-0.1, -0.05) is 11.6 Å². The van der Waals surface area contributed by atoms with Crippen LogP contribution in [0.5, 0.6) is 0 Å². The Hall–Kier alpha value is -2.29. The summed E-state index contributed by atoms with van der Waals surface area (Å²) < 4.78 is 5.58. The number of hydrogen-bond donors (Lipinski definition) is 1. The van der Waals surface area contributed by atoms with E-state index in [0.29, 0.717) is 17.9 Å². The van der Waals surface area contributed by atoms with Crippen molar-refractivity contribution in [3.8, 4) is 5.69 Å². The smallest absolute Gasteiger partial charge is 0.258 e. The second-order valence-electron chi connectivity index (χ2n) is 5.52. The van der Waals surface area contributed by atoms with Crippen LogP contribution in [0.1, 0.15) is 22.8 Å². The van der Waals surface area contributed by atoms with E-state index in [4.69, 9.17) is 10.6 Å². The molecule has 2 atom stereocenters. The fraction of sp³-hybridized carbons (Fsp3) is 0.400. The zero-order valence-electron chi connectivity index (χ0n) is 13.0. The van der Waals surface area contributed by atoms with Crippen molar-refractivity contribution in [3.63, 3.8) is 0 Å². The molecule has 0 spiro atoms. The Morgan fingerprint density at radius 1 is 1.43 bits per heavy atom. The summed E-state index contributed by atoms with van der Waals surface area (Å²) in [6.07, 6.45) is 2.64. The van der Waals surface area contributed by atoms with Crippen molar-refractivity contribution in [2.24, 2.45) is 5.90 Å². The molecule has 1 aromatic carbocycles. The first-order valence-corrected chi connectivity index (χ1v) is 7.35.